The predicted octanol–water partition coefficient (Wildman–Crippen LogP) is 2.83. The van der Waals surface area contributed by atoms with Crippen LogP contribution in [0.2, 0.25) is 0 Å². The number of ether oxygens (including phenoxy) is 1. The molecule has 0 aliphatic carbocycles. The van der Waals surface area contributed by atoms with E-state index in [9.17, 15) is 13.2 Å². The molecule has 144 valence electrons. The number of aryl methyl sites for hydroxylation is 2. The molecule has 0 bridgehead atoms. The van der Waals surface area contributed by atoms with E-state index in [1.807, 2.05) is 31.2 Å². The number of anilines is 1. The summed E-state index contributed by atoms with van der Waals surface area (Å²) in [6.07, 6.45) is 0.793. The van der Waals surface area contributed by atoms with Crippen molar-refractivity contribution >= 4 is 21.6 Å². The Hall–Kier alpha value is -2.22. The Kier molecular flexibility index (Phi) is 5.94. The van der Waals surface area contributed by atoms with Gasteiger partial charge in [-0.25, -0.2) is 8.42 Å². The van der Waals surface area contributed by atoms with E-state index in [4.69, 9.17) is 4.74 Å². The Morgan fingerprint density at radius 2 is 1.85 bits per heavy atom. The molecule has 0 saturated carbocycles. The summed E-state index contributed by atoms with van der Waals surface area (Å²) in [4.78, 5) is 12.9. The number of amides is 1. The Morgan fingerprint density at radius 3 is 2.56 bits per heavy atom. The summed E-state index contributed by atoms with van der Waals surface area (Å²) in [5, 5.41) is 2.91. The molecular weight excluding hydrogens is 364 g/mol. The van der Waals surface area contributed by atoms with Gasteiger partial charge in [0.2, 0.25) is 10.0 Å². The van der Waals surface area contributed by atoms with Gasteiger partial charge in [-0.1, -0.05) is 31.2 Å². The van der Waals surface area contributed by atoms with Crippen LogP contribution in [0.4, 0.5) is 5.69 Å². The van der Waals surface area contributed by atoms with Crippen molar-refractivity contribution in [2.45, 2.75) is 25.2 Å². The molecule has 1 N–H and O–H groups in total. The number of nitrogens with zero attached hydrogens (tertiary/aromatic N) is 1. The van der Waals surface area contributed by atoms with Gasteiger partial charge in [-0.15, -0.1) is 0 Å². The average Bonchev–Trinajstić information content (AvgIpc) is 2.69. The lowest BCUT2D eigenvalue weighted by Crippen LogP contribution is -2.40. The van der Waals surface area contributed by atoms with Crippen molar-refractivity contribution in [3.63, 3.8) is 0 Å². The predicted molar refractivity (Wildman–Crippen MR) is 105 cm³/mol. The van der Waals surface area contributed by atoms with Gasteiger partial charge in [0.25, 0.3) is 5.91 Å². The molecule has 1 saturated heterocycles. The van der Waals surface area contributed by atoms with Gasteiger partial charge in [-0.05, 0) is 42.7 Å². The summed E-state index contributed by atoms with van der Waals surface area (Å²) in [5.74, 6) is -0.313. The summed E-state index contributed by atoms with van der Waals surface area (Å²) in [6.45, 7) is 5.22. The van der Waals surface area contributed by atoms with Crippen LogP contribution in [0.15, 0.2) is 47.4 Å². The van der Waals surface area contributed by atoms with Crippen LogP contribution in [-0.2, 0) is 21.2 Å². The van der Waals surface area contributed by atoms with Gasteiger partial charge in [0.1, 0.15) is 0 Å². The van der Waals surface area contributed by atoms with E-state index < -0.39 is 10.0 Å². The smallest absolute Gasteiger partial charge is 0.255 e. The molecule has 1 aliphatic heterocycles. The van der Waals surface area contributed by atoms with Gasteiger partial charge in [-0.3, -0.25) is 4.79 Å². The Morgan fingerprint density at radius 1 is 1.15 bits per heavy atom. The van der Waals surface area contributed by atoms with Gasteiger partial charge in [0.15, 0.2) is 0 Å². The lowest BCUT2D eigenvalue weighted by molar-refractivity contribution is 0.0730. The van der Waals surface area contributed by atoms with Crippen LogP contribution in [0, 0.1) is 6.92 Å². The van der Waals surface area contributed by atoms with E-state index >= 15 is 0 Å². The van der Waals surface area contributed by atoms with Gasteiger partial charge in [-0.2, -0.15) is 4.31 Å². The van der Waals surface area contributed by atoms with E-state index in [-0.39, 0.29) is 10.8 Å². The van der Waals surface area contributed by atoms with E-state index in [1.54, 1.807) is 19.1 Å². The number of hydrogen-bond donors (Lipinski definition) is 1. The van der Waals surface area contributed by atoms with Gasteiger partial charge < -0.3 is 10.1 Å². The molecule has 1 amide bonds. The molecule has 6 nitrogen and oxygen atoms in total. The van der Waals surface area contributed by atoms with E-state index in [0.29, 0.717) is 31.9 Å². The van der Waals surface area contributed by atoms with Crippen molar-refractivity contribution in [1.82, 2.24) is 4.31 Å². The summed E-state index contributed by atoms with van der Waals surface area (Å²) in [6, 6.07) is 12.3. The summed E-state index contributed by atoms with van der Waals surface area (Å²) >= 11 is 0. The Bertz CT molecular complexity index is 935. The Labute approximate surface area is 160 Å². The lowest BCUT2D eigenvalue weighted by atomic mass is 10.1. The summed E-state index contributed by atoms with van der Waals surface area (Å²) < 4.78 is 32.4. The van der Waals surface area contributed by atoms with Crippen molar-refractivity contribution in [3.05, 3.63) is 59.2 Å². The van der Waals surface area contributed by atoms with E-state index in [1.165, 1.54) is 10.4 Å². The van der Waals surface area contributed by atoms with Crippen LogP contribution >= 0.6 is 0 Å². The molecule has 0 radical (unpaired) electrons. The third-order valence-corrected chi connectivity index (χ3v) is 6.60. The second-order valence-electron chi connectivity index (χ2n) is 6.46. The van der Waals surface area contributed by atoms with Crippen LogP contribution in [0.5, 0.6) is 0 Å². The number of morpholine rings is 1. The highest BCUT2D eigenvalue weighted by Crippen LogP contribution is 2.22. The van der Waals surface area contributed by atoms with Crippen LogP contribution in [0.1, 0.15) is 28.4 Å². The van der Waals surface area contributed by atoms with Crippen molar-refractivity contribution in [2.75, 3.05) is 31.6 Å². The molecule has 2 aromatic carbocycles. The molecule has 0 atom stereocenters. The molecule has 27 heavy (non-hydrogen) atoms. The summed E-state index contributed by atoms with van der Waals surface area (Å²) in [5.41, 5.74) is 2.85. The second kappa shape index (κ2) is 8.21. The summed E-state index contributed by atoms with van der Waals surface area (Å²) in [7, 11) is -3.65. The first-order valence-corrected chi connectivity index (χ1v) is 10.5. The highest BCUT2D eigenvalue weighted by molar-refractivity contribution is 7.89. The fourth-order valence-corrected chi connectivity index (χ4v) is 4.52. The van der Waals surface area contributed by atoms with E-state index in [2.05, 4.69) is 5.32 Å². The first-order valence-electron chi connectivity index (χ1n) is 9.01. The third-order valence-electron chi connectivity index (χ3n) is 4.71. The molecule has 2 aromatic rings. The maximum absolute atomic E-state index is 12.9. The van der Waals surface area contributed by atoms with E-state index in [0.717, 1.165) is 23.2 Å². The van der Waals surface area contributed by atoms with Crippen LogP contribution < -0.4 is 5.32 Å². The number of carbonyl (C=O) groups is 1. The van der Waals surface area contributed by atoms with Crippen LogP contribution in [0.25, 0.3) is 0 Å². The maximum atomic E-state index is 12.9. The minimum absolute atomic E-state index is 0.129. The molecule has 0 aromatic heterocycles. The van der Waals surface area contributed by atoms with Crippen LogP contribution in [0.3, 0.4) is 0 Å². The SMILES string of the molecule is CCc1ccccc1NC(=O)c1cc(S(=O)(=O)N2CCOCC2)ccc1C. The Balaban J connectivity index is 1.90. The zero-order chi connectivity index (χ0) is 19.4. The maximum Gasteiger partial charge on any atom is 0.255 e. The number of rotatable bonds is 5. The molecule has 1 fully saturated rings. The zero-order valence-corrected chi connectivity index (χ0v) is 16.4. The molecule has 0 unspecified atom stereocenters. The molecule has 3 rings (SSSR count). The number of hydrogen-bond acceptors (Lipinski definition) is 4. The standard InChI is InChI=1S/C20H24N2O4S/c1-3-16-6-4-5-7-19(16)21-20(23)18-14-17(9-8-15(18)2)27(24,25)22-10-12-26-13-11-22/h4-9,14H,3,10-13H2,1-2H3,(H,21,23). The number of para-hydroxylation sites is 1. The number of sulfonamides is 1. The van der Waals surface area contributed by atoms with Crippen molar-refractivity contribution in [1.29, 1.82) is 0 Å². The van der Waals surface area contributed by atoms with Gasteiger partial charge in [0, 0.05) is 24.3 Å². The van der Waals surface area contributed by atoms with Crippen molar-refractivity contribution in [3.8, 4) is 0 Å². The van der Waals surface area contributed by atoms with Crippen LogP contribution in [-0.4, -0.2) is 44.9 Å². The normalized spacial score (nSPS) is 15.5. The first-order chi connectivity index (χ1) is 12.9. The monoisotopic (exact) mass is 388 g/mol. The highest BCUT2D eigenvalue weighted by atomic mass is 32.2. The molecule has 7 heteroatoms. The van der Waals surface area contributed by atoms with Gasteiger partial charge >= 0.3 is 0 Å². The number of benzene rings is 2. The number of nitrogens with one attached hydrogen (secondary N) is 1. The van der Waals surface area contributed by atoms with Crippen molar-refractivity contribution < 1.29 is 17.9 Å². The molecule has 1 heterocycles. The fraction of sp³-hybridized carbons (Fsp3) is 0.350. The first kappa shape index (κ1) is 19.5. The fourth-order valence-electron chi connectivity index (χ4n) is 3.08. The zero-order valence-electron chi connectivity index (χ0n) is 15.6. The minimum atomic E-state index is -3.65. The molecule has 0 spiro atoms. The highest BCUT2D eigenvalue weighted by Gasteiger charge is 2.27. The molecule has 1 aliphatic rings. The molecular formula is C20H24N2O4S. The quantitative estimate of drug-likeness (QED) is 0.855. The lowest BCUT2D eigenvalue weighted by Gasteiger charge is -2.26. The minimum Gasteiger partial charge on any atom is -0.379 e. The topological polar surface area (TPSA) is 75.7 Å². The van der Waals surface area contributed by atoms with Gasteiger partial charge in [0.05, 0.1) is 18.1 Å². The average molecular weight is 388 g/mol. The third kappa shape index (κ3) is 4.21. The largest absolute Gasteiger partial charge is 0.379 e. The van der Waals surface area contributed by atoms with Crippen molar-refractivity contribution in [2.24, 2.45) is 0 Å². The number of carbonyl (C=O) groups excluding carboxylic acids is 1. The second-order valence-corrected chi connectivity index (χ2v) is 8.40.